The van der Waals surface area contributed by atoms with Gasteiger partial charge in [0.15, 0.2) is 0 Å². The predicted molar refractivity (Wildman–Crippen MR) is 59.8 cm³/mol. The Morgan fingerprint density at radius 3 is 2.64 bits per heavy atom. The van der Waals surface area contributed by atoms with Crippen LogP contribution in [0.4, 0.5) is 0 Å². The first-order chi connectivity index (χ1) is 6.75. The number of rotatable bonds is 1. The lowest BCUT2D eigenvalue weighted by Crippen LogP contribution is -2.19. The lowest BCUT2D eigenvalue weighted by molar-refractivity contribution is 0.346. The van der Waals surface area contributed by atoms with Crippen LogP contribution in [0.15, 0.2) is 36.0 Å². The van der Waals surface area contributed by atoms with Crippen LogP contribution < -0.4 is 0 Å². The average molecular weight is 186 g/mol. The molecule has 14 heavy (non-hydrogen) atoms. The molecule has 2 bridgehead atoms. The minimum absolute atomic E-state index is 0.727. The minimum atomic E-state index is 0.727. The molecule has 0 saturated heterocycles. The Hall–Kier alpha value is -0.780. The first-order valence-electron chi connectivity index (χ1n) is 5.77. The summed E-state index contributed by atoms with van der Waals surface area (Å²) in [6.45, 7) is 4.43. The van der Waals surface area contributed by atoms with Crippen LogP contribution in [0.2, 0.25) is 0 Å². The van der Waals surface area contributed by atoms with E-state index in [0.717, 1.165) is 29.6 Å². The molecule has 0 aromatic carbocycles. The molecule has 3 aliphatic rings. The third-order valence-corrected chi connectivity index (χ3v) is 4.11. The largest absolute Gasteiger partial charge is 0.0848 e. The maximum absolute atomic E-state index is 2.48. The second kappa shape index (κ2) is 2.85. The van der Waals surface area contributed by atoms with Crippen molar-refractivity contribution in [3.05, 3.63) is 36.0 Å². The van der Waals surface area contributed by atoms with E-state index in [1.807, 2.05) is 0 Å². The highest BCUT2D eigenvalue weighted by molar-refractivity contribution is 5.27. The maximum Gasteiger partial charge on any atom is -0.00112 e. The van der Waals surface area contributed by atoms with E-state index in [4.69, 9.17) is 0 Å². The minimum Gasteiger partial charge on any atom is -0.0848 e. The van der Waals surface area contributed by atoms with Gasteiger partial charge in [0.1, 0.15) is 0 Å². The fraction of sp³-hybridized carbons (Fsp3) is 0.571. The molecule has 1 saturated carbocycles. The van der Waals surface area contributed by atoms with E-state index in [-0.39, 0.29) is 0 Å². The third-order valence-electron chi connectivity index (χ3n) is 4.11. The molecule has 3 aliphatic carbocycles. The fourth-order valence-corrected chi connectivity index (χ4v) is 3.65. The van der Waals surface area contributed by atoms with Crippen molar-refractivity contribution >= 4 is 0 Å². The Kier molecular flexibility index (Phi) is 1.74. The molecule has 0 amide bonds. The quantitative estimate of drug-likeness (QED) is 0.549. The molecular formula is C14H18. The number of hydrogen-bond donors (Lipinski definition) is 0. The summed E-state index contributed by atoms with van der Waals surface area (Å²) < 4.78 is 0. The van der Waals surface area contributed by atoms with Crippen LogP contribution in [0.25, 0.3) is 0 Å². The Morgan fingerprint density at radius 1 is 1.07 bits per heavy atom. The standard InChI is InChI=1S/C14H18/c1-9(2)7-11-5-6-13-10-3-4-12(8-10)14(11)13/h3-7,10-14H,8H2,1-2H3. The van der Waals surface area contributed by atoms with Crippen LogP contribution in [0.5, 0.6) is 0 Å². The van der Waals surface area contributed by atoms with Crippen molar-refractivity contribution in [2.24, 2.45) is 29.6 Å². The summed E-state index contributed by atoms with van der Waals surface area (Å²) in [4.78, 5) is 0. The van der Waals surface area contributed by atoms with Crippen molar-refractivity contribution in [2.45, 2.75) is 20.3 Å². The van der Waals surface area contributed by atoms with Gasteiger partial charge in [-0.3, -0.25) is 0 Å². The number of allylic oxidation sites excluding steroid dienone is 6. The van der Waals surface area contributed by atoms with Crippen molar-refractivity contribution in [2.75, 3.05) is 0 Å². The summed E-state index contributed by atoms with van der Waals surface area (Å²) in [6.07, 6.45) is 13.7. The lowest BCUT2D eigenvalue weighted by Gasteiger charge is -2.24. The Bertz CT molecular complexity index is 328. The molecule has 0 heterocycles. The molecule has 0 aliphatic heterocycles. The predicted octanol–water partition coefficient (Wildman–Crippen LogP) is 3.58. The van der Waals surface area contributed by atoms with Crippen LogP contribution in [-0.2, 0) is 0 Å². The molecule has 0 heteroatoms. The van der Waals surface area contributed by atoms with Crippen LogP contribution in [0, 0.1) is 29.6 Å². The van der Waals surface area contributed by atoms with Crippen LogP contribution >= 0.6 is 0 Å². The summed E-state index contributed by atoms with van der Waals surface area (Å²) >= 11 is 0. The van der Waals surface area contributed by atoms with Gasteiger partial charge in [-0.1, -0.05) is 36.0 Å². The van der Waals surface area contributed by atoms with Crippen molar-refractivity contribution < 1.29 is 0 Å². The van der Waals surface area contributed by atoms with Gasteiger partial charge >= 0.3 is 0 Å². The number of hydrogen-bond acceptors (Lipinski definition) is 0. The van der Waals surface area contributed by atoms with Crippen molar-refractivity contribution in [3.63, 3.8) is 0 Å². The van der Waals surface area contributed by atoms with Gasteiger partial charge in [-0.2, -0.15) is 0 Å². The van der Waals surface area contributed by atoms with E-state index in [1.54, 1.807) is 0 Å². The van der Waals surface area contributed by atoms with Gasteiger partial charge in [-0.05, 0) is 49.9 Å². The van der Waals surface area contributed by atoms with Crippen LogP contribution in [0.3, 0.4) is 0 Å². The highest BCUT2D eigenvalue weighted by atomic mass is 14.5. The molecule has 5 unspecified atom stereocenters. The molecule has 5 atom stereocenters. The highest BCUT2D eigenvalue weighted by Gasteiger charge is 2.47. The molecule has 0 aromatic heterocycles. The molecule has 0 radical (unpaired) electrons. The van der Waals surface area contributed by atoms with Gasteiger partial charge in [0.2, 0.25) is 0 Å². The zero-order chi connectivity index (χ0) is 9.71. The molecule has 0 N–H and O–H groups in total. The smallest absolute Gasteiger partial charge is 0.00112 e. The fourth-order valence-electron chi connectivity index (χ4n) is 3.65. The van der Waals surface area contributed by atoms with E-state index in [2.05, 4.69) is 44.2 Å². The van der Waals surface area contributed by atoms with E-state index in [9.17, 15) is 0 Å². The topological polar surface area (TPSA) is 0 Å². The van der Waals surface area contributed by atoms with E-state index in [0.29, 0.717) is 0 Å². The van der Waals surface area contributed by atoms with Gasteiger partial charge in [-0.15, -0.1) is 0 Å². The first-order valence-corrected chi connectivity index (χ1v) is 5.77. The summed E-state index contributed by atoms with van der Waals surface area (Å²) in [5.74, 6) is 4.24. The Balaban J connectivity index is 1.89. The van der Waals surface area contributed by atoms with Gasteiger partial charge in [-0.25, -0.2) is 0 Å². The lowest BCUT2D eigenvalue weighted by atomic mass is 9.80. The average Bonchev–Trinajstić information content (AvgIpc) is 2.74. The van der Waals surface area contributed by atoms with Gasteiger partial charge in [0.25, 0.3) is 0 Å². The van der Waals surface area contributed by atoms with Gasteiger partial charge < -0.3 is 0 Å². The van der Waals surface area contributed by atoms with Crippen molar-refractivity contribution in [3.8, 4) is 0 Å². The van der Waals surface area contributed by atoms with Gasteiger partial charge in [0.05, 0.1) is 0 Å². The Labute approximate surface area is 86.4 Å². The number of fused-ring (bicyclic) bond motifs is 5. The first kappa shape index (κ1) is 8.52. The summed E-state index contributed by atoms with van der Waals surface area (Å²) in [7, 11) is 0. The van der Waals surface area contributed by atoms with Crippen LogP contribution in [-0.4, -0.2) is 0 Å². The summed E-state index contributed by atoms with van der Waals surface area (Å²) in [5.41, 5.74) is 1.46. The molecule has 0 nitrogen and oxygen atoms in total. The maximum atomic E-state index is 2.48. The monoisotopic (exact) mass is 186 g/mol. The highest BCUT2D eigenvalue weighted by Crippen LogP contribution is 2.55. The second-order valence-electron chi connectivity index (χ2n) is 5.31. The van der Waals surface area contributed by atoms with E-state index >= 15 is 0 Å². The molecular weight excluding hydrogens is 168 g/mol. The van der Waals surface area contributed by atoms with Crippen LogP contribution in [0.1, 0.15) is 20.3 Å². The second-order valence-corrected chi connectivity index (χ2v) is 5.31. The zero-order valence-electron chi connectivity index (χ0n) is 8.98. The van der Waals surface area contributed by atoms with Crippen molar-refractivity contribution in [1.29, 1.82) is 0 Å². The van der Waals surface area contributed by atoms with E-state index in [1.165, 1.54) is 12.0 Å². The summed E-state index contributed by atoms with van der Waals surface area (Å²) in [6, 6.07) is 0. The SMILES string of the molecule is CC(C)=CC1C=CC2C3C=CC(C3)C12. The van der Waals surface area contributed by atoms with Gasteiger partial charge in [0, 0.05) is 0 Å². The molecule has 0 spiro atoms. The van der Waals surface area contributed by atoms with Crippen molar-refractivity contribution in [1.82, 2.24) is 0 Å². The Morgan fingerprint density at radius 2 is 1.86 bits per heavy atom. The summed E-state index contributed by atoms with van der Waals surface area (Å²) in [5, 5.41) is 0. The molecule has 0 aromatic rings. The molecule has 74 valence electrons. The molecule has 3 rings (SSSR count). The third kappa shape index (κ3) is 1.06. The normalized spacial score (nSPS) is 47.1. The van der Waals surface area contributed by atoms with E-state index < -0.39 is 0 Å². The zero-order valence-corrected chi connectivity index (χ0v) is 8.98. The molecule has 1 fully saturated rings.